The van der Waals surface area contributed by atoms with E-state index in [1.165, 1.54) is 19.3 Å². The van der Waals surface area contributed by atoms with E-state index < -0.39 is 5.97 Å². The molecule has 0 spiro atoms. The van der Waals surface area contributed by atoms with Crippen LogP contribution in [-0.2, 0) is 9.53 Å². The average Bonchev–Trinajstić information content (AvgIpc) is 2.17. The van der Waals surface area contributed by atoms with Crippen molar-refractivity contribution in [2.75, 3.05) is 6.61 Å². The van der Waals surface area contributed by atoms with Crippen LogP contribution in [0.4, 0.5) is 0 Å². The van der Waals surface area contributed by atoms with Crippen LogP contribution in [0.1, 0.15) is 32.1 Å². The van der Waals surface area contributed by atoms with Crippen LogP contribution in [0.15, 0.2) is 0 Å². The molecule has 0 saturated heterocycles. The van der Waals surface area contributed by atoms with Gasteiger partial charge in [-0.05, 0) is 18.8 Å². The second kappa shape index (κ2) is 5.49. The second-order valence-electron chi connectivity index (χ2n) is 3.38. The fourth-order valence-corrected chi connectivity index (χ4v) is 1.64. The van der Waals surface area contributed by atoms with Gasteiger partial charge in [-0.2, -0.15) is 4.79 Å². The Bertz CT molecular complexity index is 216. The highest BCUT2D eigenvalue weighted by Crippen LogP contribution is 2.23. The molecule has 1 aliphatic carbocycles. The topological polar surface area (TPSA) is 62.7 Å². The third-order valence-electron chi connectivity index (χ3n) is 2.35. The van der Waals surface area contributed by atoms with Crippen molar-refractivity contribution in [2.45, 2.75) is 32.1 Å². The number of nitrogens with zero attached hydrogens (tertiary/aromatic N) is 2. The lowest BCUT2D eigenvalue weighted by atomic mass is 9.90. The van der Waals surface area contributed by atoms with Gasteiger partial charge >= 0.3 is 12.2 Å². The highest BCUT2D eigenvalue weighted by atomic mass is 16.5. The van der Waals surface area contributed by atoms with Gasteiger partial charge < -0.3 is 10.3 Å². The molecule has 0 heterocycles. The van der Waals surface area contributed by atoms with Gasteiger partial charge in [0.2, 0.25) is 0 Å². The SMILES string of the molecule is [N-]=[N+]=CC(=O)OCC1CCCCC1. The summed E-state index contributed by atoms with van der Waals surface area (Å²) in [6.45, 7) is 0.463. The van der Waals surface area contributed by atoms with E-state index in [1.807, 2.05) is 0 Å². The number of hydrogen-bond donors (Lipinski definition) is 0. The van der Waals surface area contributed by atoms with Gasteiger partial charge in [0.05, 0.1) is 6.61 Å². The van der Waals surface area contributed by atoms with E-state index in [1.54, 1.807) is 0 Å². The zero-order valence-corrected chi connectivity index (χ0v) is 7.61. The maximum absolute atomic E-state index is 10.8. The van der Waals surface area contributed by atoms with Crippen molar-refractivity contribution >= 4 is 12.2 Å². The van der Waals surface area contributed by atoms with E-state index in [0.717, 1.165) is 19.1 Å². The van der Waals surface area contributed by atoms with Crippen LogP contribution in [-0.4, -0.2) is 23.6 Å². The van der Waals surface area contributed by atoms with Gasteiger partial charge in [0.15, 0.2) is 0 Å². The third-order valence-corrected chi connectivity index (χ3v) is 2.35. The molecule has 0 bridgehead atoms. The quantitative estimate of drug-likeness (QED) is 0.287. The molecule has 0 aromatic heterocycles. The Morgan fingerprint density at radius 2 is 2.15 bits per heavy atom. The summed E-state index contributed by atoms with van der Waals surface area (Å²) in [6, 6.07) is 0. The molecule has 1 fully saturated rings. The standard InChI is InChI=1S/C9H14N2O2/c10-11-6-9(12)13-7-8-4-2-1-3-5-8/h6,8H,1-5,7H2. The number of rotatable bonds is 3. The van der Waals surface area contributed by atoms with E-state index in [-0.39, 0.29) is 0 Å². The molecule has 1 aliphatic rings. The van der Waals surface area contributed by atoms with Crippen molar-refractivity contribution in [1.82, 2.24) is 0 Å². The minimum Gasteiger partial charge on any atom is -0.457 e. The van der Waals surface area contributed by atoms with Crippen molar-refractivity contribution < 1.29 is 14.3 Å². The Kier molecular flexibility index (Phi) is 4.19. The lowest BCUT2D eigenvalue weighted by molar-refractivity contribution is -0.140. The van der Waals surface area contributed by atoms with Crippen LogP contribution in [0.25, 0.3) is 5.53 Å². The summed E-state index contributed by atoms with van der Waals surface area (Å²) < 4.78 is 4.87. The molecule has 1 saturated carbocycles. The summed E-state index contributed by atoms with van der Waals surface area (Å²) in [7, 11) is 0. The van der Waals surface area contributed by atoms with Crippen molar-refractivity contribution in [3.05, 3.63) is 5.53 Å². The summed E-state index contributed by atoms with van der Waals surface area (Å²) in [4.78, 5) is 13.4. The van der Waals surface area contributed by atoms with E-state index in [2.05, 4.69) is 4.79 Å². The van der Waals surface area contributed by atoms with Crippen LogP contribution in [0.3, 0.4) is 0 Å². The van der Waals surface area contributed by atoms with Gasteiger partial charge in [0.25, 0.3) is 0 Å². The molecule has 0 aliphatic heterocycles. The van der Waals surface area contributed by atoms with E-state index >= 15 is 0 Å². The van der Waals surface area contributed by atoms with Gasteiger partial charge in [-0.1, -0.05) is 19.3 Å². The molecule has 4 nitrogen and oxygen atoms in total. The summed E-state index contributed by atoms with van der Waals surface area (Å²) in [5.41, 5.74) is 8.04. The Balaban J connectivity index is 2.17. The fraction of sp³-hybridized carbons (Fsp3) is 0.778. The number of carbonyl (C=O) groups is 1. The largest absolute Gasteiger partial charge is 0.457 e. The number of esters is 1. The van der Waals surface area contributed by atoms with Crippen LogP contribution in [0.2, 0.25) is 0 Å². The van der Waals surface area contributed by atoms with Gasteiger partial charge in [-0.25, -0.2) is 4.79 Å². The Morgan fingerprint density at radius 3 is 2.77 bits per heavy atom. The molecule has 0 N–H and O–H groups in total. The number of hydrogen-bond acceptors (Lipinski definition) is 2. The maximum Gasteiger partial charge on any atom is 0.413 e. The first-order valence-corrected chi connectivity index (χ1v) is 4.67. The van der Waals surface area contributed by atoms with Crippen LogP contribution >= 0.6 is 0 Å². The van der Waals surface area contributed by atoms with E-state index in [4.69, 9.17) is 10.3 Å². The normalized spacial score (nSPS) is 17.5. The molecular weight excluding hydrogens is 168 g/mol. The molecular formula is C9H14N2O2. The lowest BCUT2D eigenvalue weighted by Crippen LogP contribution is -2.17. The van der Waals surface area contributed by atoms with Crippen molar-refractivity contribution in [1.29, 1.82) is 0 Å². The number of carbonyl (C=O) groups excluding carboxylic acids is 1. The van der Waals surface area contributed by atoms with Crippen LogP contribution in [0, 0.1) is 5.92 Å². The Hall–Kier alpha value is -1.15. The highest BCUT2D eigenvalue weighted by Gasteiger charge is 2.15. The van der Waals surface area contributed by atoms with Crippen LogP contribution in [0.5, 0.6) is 0 Å². The Labute approximate surface area is 77.5 Å². The average molecular weight is 182 g/mol. The lowest BCUT2D eigenvalue weighted by Gasteiger charge is -2.20. The maximum atomic E-state index is 10.8. The van der Waals surface area contributed by atoms with Gasteiger partial charge in [-0.15, -0.1) is 0 Å². The molecule has 0 aromatic rings. The molecule has 0 amide bonds. The molecule has 0 unspecified atom stereocenters. The molecule has 72 valence electrons. The molecule has 1 rings (SSSR count). The molecule has 0 aromatic carbocycles. The summed E-state index contributed by atoms with van der Waals surface area (Å²) in [6.07, 6.45) is 6.82. The summed E-state index contributed by atoms with van der Waals surface area (Å²) in [5.74, 6) is -0.0575. The van der Waals surface area contributed by atoms with E-state index in [9.17, 15) is 4.79 Å². The van der Waals surface area contributed by atoms with Crippen molar-refractivity contribution in [3.63, 3.8) is 0 Å². The minimum atomic E-state index is -0.562. The van der Waals surface area contributed by atoms with Gasteiger partial charge in [-0.3, -0.25) is 0 Å². The predicted octanol–water partition coefficient (Wildman–Crippen LogP) is 1.41. The van der Waals surface area contributed by atoms with Crippen molar-refractivity contribution in [2.24, 2.45) is 5.92 Å². The zero-order chi connectivity index (χ0) is 9.52. The fourth-order valence-electron chi connectivity index (χ4n) is 1.64. The van der Waals surface area contributed by atoms with Crippen molar-refractivity contribution in [3.8, 4) is 0 Å². The third kappa shape index (κ3) is 3.85. The smallest absolute Gasteiger partial charge is 0.413 e. The first-order chi connectivity index (χ1) is 6.33. The first-order valence-electron chi connectivity index (χ1n) is 4.67. The predicted molar refractivity (Wildman–Crippen MR) is 47.2 cm³/mol. The molecule has 13 heavy (non-hydrogen) atoms. The van der Waals surface area contributed by atoms with Gasteiger partial charge in [0, 0.05) is 0 Å². The monoisotopic (exact) mass is 182 g/mol. The first kappa shape index (κ1) is 9.93. The Morgan fingerprint density at radius 1 is 1.46 bits per heavy atom. The highest BCUT2D eigenvalue weighted by molar-refractivity contribution is 6.20. The molecule has 0 radical (unpaired) electrons. The van der Waals surface area contributed by atoms with E-state index in [0.29, 0.717) is 12.5 Å². The minimum absolute atomic E-state index is 0.463. The summed E-state index contributed by atoms with van der Waals surface area (Å²) in [5, 5.41) is 0. The van der Waals surface area contributed by atoms with Gasteiger partial charge in [0.1, 0.15) is 0 Å². The molecule has 0 atom stereocenters. The summed E-state index contributed by atoms with van der Waals surface area (Å²) >= 11 is 0. The molecule has 4 heteroatoms. The van der Waals surface area contributed by atoms with Crippen LogP contribution < -0.4 is 0 Å². The second-order valence-corrected chi connectivity index (χ2v) is 3.38. The zero-order valence-electron chi connectivity index (χ0n) is 7.61. The number of ether oxygens (including phenoxy) is 1.